The van der Waals surface area contributed by atoms with Crippen molar-refractivity contribution in [3.8, 4) is 0 Å². The van der Waals surface area contributed by atoms with Crippen molar-refractivity contribution in [3.63, 3.8) is 0 Å². The van der Waals surface area contributed by atoms with Gasteiger partial charge in [0.1, 0.15) is 0 Å². The Morgan fingerprint density at radius 2 is 2.10 bits per heavy atom. The van der Waals surface area contributed by atoms with E-state index in [2.05, 4.69) is 22.3 Å². The van der Waals surface area contributed by atoms with Crippen LogP contribution in [-0.4, -0.2) is 14.6 Å². The van der Waals surface area contributed by atoms with Crippen LogP contribution < -0.4 is 5.32 Å². The maximum absolute atomic E-state index is 6.01. The molecule has 0 spiro atoms. The van der Waals surface area contributed by atoms with Crippen molar-refractivity contribution in [3.05, 3.63) is 58.7 Å². The van der Waals surface area contributed by atoms with Crippen LogP contribution in [0.25, 0.3) is 5.65 Å². The molecule has 2 heterocycles. The van der Waals surface area contributed by atoms with Gasteiger partial charge in [-0.15, -0.1) is 5.10 Å². The smallest absolute Gasteiger partial charge is 0.243 e. The Hall–Kier alpha value is -2.07. The minimum Gasteiger partial charge on any atom is -0.346 e. The Bertz CT molecular complexity index is 750. The van der Waals surface area contributed by atoms with Crippen molar-refractivity contribution < 1.29 is 0 Å². The molecule has 0 aliphatic rings. The summed E-state index contributed by atoms with van der Waals surface area (Å²) in [6.45, 7) is 4.08. The first-order chi connectivity index (χ1) is 9.63. The molecule has 5 heteroatoms. The van der Waals surface area contributed by atoms with Gasteiger partial charge in [-0.2, -0.15) is 4.98 Å². The summed E-state index contributed by atoms with van der Waals surface area (Å²) in [4.78, 5) is 4.51. The number of anilines is 1. The minimum absolute atomic E-state index is 0.0893. The third-order valence-electron chi connectivity index (χ3n) is 3.25. The lowest BCUT2D eigenvalue weighted by Gasteiger charge is -2.12. The van der Waals surface area contributed by atoms with Crippen molar-refractivity contribution in [2.45, 2.75) is 19.9 Å². The predicted molar refractivity (Wildman–Crippen MR) is 81.2 cm³/mol. The predicted octanol–water partition coefficient (Wildman–Crippen LogP) is 3.86. The summed E-state index contributed by atoms with van der Waals surface area (Å²) in [7, 11) is 0. The topological polar surface area (TPSA) is 42.2 Å². The molecule has 0 aliphatic carbocycles. The van der Waals surface area contributed by atoms with Crippen molar-refractivity contribution in [2.24, 2.45) is 0 Å². The highest BCUT2D eigenvalue weighted by Gasteiger charge is 2.10. The van der Waals surface area contributed by atoms with Crippen molar-refractivity contribution in [2.75, 3.05) is 5.32 Å². The quantitative estimate of drug-likeness (QED) is 0.795. The number of nitrogens with one attached hydrogen (secondary N) is 1. The fourth-order valence-electron chi connectivity index (χ4n) is 2.15. The number of benzene rings is 1. The van der Waals surface area contributed by atoms with E-state index in [1.807, 2.05) is 49.5 Å². The monoisotopic (exact) mass is 286 g/mol. The van der Waals surface area contributed by atoms with Crippen LogP contribution >= 0.6 is 11.6 Å². The second-order valence-electron chi connectivity index (χ2n) is 4.82. The van der Waals surface area contributed by atoms with Gasteiger partial charge in [0.15, 0.2) is 5.65 Å². The fourth-order valence-corrected chi connectivity index (χ4v) is 2.35. The molecule has 1 unspecified atom stereocenters. The van der Waals surface area contributed by atoms with Crippen LogP contribution in [0.4, 0.5) is 5.95 Å². The van der Waals surface area contributed by atoms with Gasteiger partial charge in [0.2, 0.25) is 5.95 Å². The maximum atomic E-state index is 6.01. The average molecular weight is 287 g/mol. The van der Waals surface area contributed by atoms with E-state index in [1.165, 1.54) is 0 Å². The standard InChI is InChI=1S/C15H15ClN4/c1-10-5-4-8-20-14(10)18-15(19-20)17-11(2)12-6-3-7-13(16)9-12/h3-9,11H,1-2H3,(H,17,19). The van der Waals surface area contributed by atoms with Crippen molar-refractivity contribution in [1.82, 2.24) is 14.6 Å². The van der Waals surface area contributed by atoms with Gasteiger partial charge < -0.3 is 5.32 Å². The molecule has 3 rings (SSSR count). The van der Waals surface area contributed by atoms with Gasteiger partial charge >= 0.3 is 0 Å². The number of hydrogen-bond acceptors (Lipinski definition) is 3. The van der Waals surface area contributed by atoms with Crippen LogP contribution in [0.2, 0.25) is 5.02 Å². The molecule has 4 nitrogen and oxygen atoms in total. The third-order valence-corrected chi connectivity index (χ3v) is 3.49. The molecule has 1 aromatic carbocycles. The normalized spacial score (nSPS) is 12.6. The Kier molecular flexibility index (Phi) is 3.32. The van der Waals surface area contributed by atoms with E-state index in [4.69, 9.17) is 11.6 Å². The summed E-state index contributed by atoms with van der Waals surface area (Å²) in [5.74, 6) is 0.617. The molecule has 3 aromatic rings. The number of halogens is 1. The highest BCUT2D eigenvalue weighted by atomic mass is 35.5. The first-order valence-corrected chi connectivity index (χ1v) is 6.85. The number of pyridine rings is 1. The molecule has 0 amide bonds. The second-order valence-corrected chi connectivity index (χ2v) is 5.25. The molecule has 0 saturated carbocycles. The number of aryl methyl sites for hydroxylation is 1. The van der Waals surface area contributed by atoms with E-state index in [-0.39, 0.29) is 6.04 Å². The van der Waals surface area contributed by atoms with E-state index in [0.717, 1.165) is 21.8 Å². The fraction of sp³-hybridized carbons (Fsp3) is 0.200. The molecule has 102 valence electrons. The summed E-state index contributed by atoms with van der Waals surface area (Å²) < 4.78 is 1.78. The summed E-state index contributed by atoms with van der Waals surface area (Å²) in [5, 5.41) is 8.45. The Labute approximate surface area is 122 Å². The van der Waals surface area contributed by atoms with E-state index in [9.17, 15) is 0 Å². The first-order valence-electron chi connectivity index (χ1n) is 6.47. The van der Waals surface area contributed by atoms with Crippen molar-refractivity contribution in [1.29, 1.82) is 0 Å². The summed E-state index contributed by atoms with van der Waals surface area (Å²) in [6, 6.07) is 11.9. The summed E-state index contributed by atoms with van der Waals surface area (Å²) >= 11 is 6.01. The lowest BCUT2D eigenvalue weighted by molar-refractivity contribution is 0.852. The van der Waals surface area contributed by atoms with Crippen LogP contribution in [0.15, 0.2) is 42.6 Å². The largest absolute Gasteiger partial charge is 0.346 e. The number of rotatable bonds is 3. The summed E-state index contributed by atoms with van der Waals surface area (Å²) in [6.07, 6.45) is 1.89. The Morgan fingerprint density at radius 3 is 2.85 bits per heavy atom. The van der Waals surface area contributed by atoms with Gasteiger partial charge in [-0.05, 0) is 43.2 Å². The van der Waals surface area contributed by atoms with E-state index < -0.39 is 0 Å². The van der Waals surface area contributed by atoms with Crippen molar-refractivity contribution >= 4 is 23.2 Å². The van der Waals surface area contributed by atoms with Gasteiger partial charge in [-0.3, -0.25) is 0 Å². The van der Waals surface area contributed by atoms with Crippen LogP contribution in [0.3, 0.4) is 0 Å². The molecule has 0 fully saturated rings. The molecule has 1 atom stereocenters. The summed E-state index contributed by atoms with van der Waals surface area (Å²) in [5.41, 5.74) is 3.07. The van der Waals surface area contributed by atoms with Crippen LogP contribution in [0.1, 0.15) is 24.1 Å². The van der Waals surface area contributed by atoms with Gasteiger partial charge in [-0.25, -0.2) is 4.52 Å². The lowest BCUT2D eigenvalue weighted by Crippen LogP contribution is -2.07. The molecule has 0 bridgehead atoms. The van der Waals surface area contributed by atoms with Gasteiger partial charge in [-0.1, -0.05) is 29.8 Å². The molecule has 0 saturated heterocycles. The molecule has 1 N–H and O–H groups in total. The zero-order valence-corrected chi connectivity index (χ0v) is 12.1. The van der Waals surface area contributed by atoms with E-state index in [0.29, 0.717) is 5.95 Å². The maximum Gasteiger partial charge on any atom is 0.243 e. The Morgan fingerprint density at radius 1 is 1.25 bits per heavy atom. The minimum atomic E-state index is 0.0893. The van der Waals surface area contributed by atoms with E-state index in [1.54, 1.807) is 4.52 Å². The van der Waals surface area contributed by atoms with Crippen LogP contribution in [0.5, 0.6) is 0 Å². The third kappa shape index (κ3) is 2.47. The van der Waals surface area contributed by atoms with E-state index >= 15 is 0 Å². The SMILES string of the molecule is Cc1cccn2nc(NC(C)c3cccc(Cl)c3)nc12. The molecule has 20 heavy (non-hydrogen) atoms. The van der Waals surface area contributed by atoms with Crippen LogP contribution in [-0.2, 0) is 0 Å². The number of fused-ring (bicyclic) bond motifs is 1. The second kappa shape index (κ2) is 5.13. The van der Waals surface area contributed by atoms with Gasteiger partial charge in [0.05, 0.1) is 6.04 Å². The molecule has 2 aromatic heterocycles. The number of nitrogens with zero attached hydrogens (tertiary/aromatic N) is 3. The molecule has 0 radical (unpaired) electrons. The van der Waals surface area contributed by atoms with Gasteiger partial charge in [0, 0.05) is 11.2 Å². The highest BCUT2D eigenvalue weighted by molar-refractivity contribution is 6.30. The number of aromatic nitrogens is 3. The van der Waals surface area contributed by atoms with Crippen LogP contribution in [0, 0.1) is 6.92 Å². The Balaban J connectivity index is 1.87. The highest BCUT2D eigenvalue weighted by Crippen LogP contribution is 2.21. The molecular weight excluding hydrogens is 272 g/mol. The molecular formula is C15H15ClN4. The lowest BCUT2D eigenvalue weighted by atomic mass is 10.1. The average Bonchev–Trinajstić information content (AvgIpc) is 2.83. The van der Waals surface area contributed by atoms with Gasteiger partial charge in [0.25, 0.3) is 0 Å². The zero-order valence-electron chi connectivity index (χ0n) is 11.3. The zero-order chi connectivity index (χ0) is 14.1. The first kappa shape index (κ1) is 12.9. The number of hydrogen-bond donors (Lipinski definition) is 1. The molecule has 0 aliphatic heterocycles.